The van der Waals surface area contributed by atoms with Crippen molar-refractivity contribution in [2.75, 3.05) is 13.1 Å². The van der Waals surface area contributed by atoms with Gasteiger partial charge in [-0.3, -0.25) is 24.2 Å². The fourth-order valence-corrected chi connectivity index (χ4v) is 3.05. The Labute approximate surface area is 207 Å². The molecule has 198 valence electrons. The second-order valence-corrected chi connectivity index (χ2v) is 7.91. The summed E-state index contributed by atoms with van der Waals surface area (Å²) in [6, 6.07) is 5.16. The first-order valence-corrected chi connectivity index (χ1v) is 11.2. The normalized spacial score (nSPS) is 12.9. The van der Waals surface area contributed by atoms with Crippen molar-refractivity contribution < 1.29 is 34.2 Å². The Bertz CT molecular complexity index is 936. The number of nitrogens with two attached hydrogens (primary N) is 3. The van der Waals surface area contributed by atoms with Gasteiger partial charge in [0.15, 0.2) is 5.96 Å². The van der Waals surface area contributed by atoms with E-state index in [-0.39, 0.29) is 31.8 Å². The number of aliphatic carboxylic acids is 2. The number of rotatable bonds is 16. The third-order valence-electron chi connectivity index (χ3n) is 4.92. The van der Waals surface area contributed by atoms with Crippen LogP contribution in [0.2, 0.25) is 0 Å². The van der Waals surface area contributed by atoms with Gasteiger partial charge in [0.2, 0.25) is 17.7 Å². The van der Waals surface area contributed by atoms with Crippen molar-refractivity contribution in [2.24, 2.45) is 22.2 Å². The summed E-state index contributed by atoms with van der Waals surface area (Å²) in [4.78, 5) is 63.4. The third-order valence-corrected chi connectivity index (χ3v) is 4.92. The molecule has 36 heavy (non-hydrogen) atoms. The molecule has 0 aliphatic heterocycles. The minimum absolute atomic E-state index is 0.0359. The molecule has 0 aromatic heterocycles. The molecule has 1 rings (SSSR count). The van der Waals surface area contributed by atoms with Crippen molar-refractivity contribution >= 4 is 35.6 Å². The van der Waals surface area contributed by atoms with Crippen LogP contribution in [0.3, 0.4) is 0 Å². The number of carbonyl (C=O) groups excluding carboxylic acids is 3. The van der Waals surface area contributed by atoms with Crippen LogP contribution in [0.25, 0.3) is 0 Å². The zero-order valence-corrected chi connectivity index (χ0v) is 19.7. The third kappa shape index (κ3) is 12.3. The molecule has 14 nitrogen and oxygen atoms in total. The van der Waals surface area contributed by atoms with Gasteiger partial charge in [0.05, 0.1) is 12.6 Å². The summed E-state index contributed by atoms with van der Waals surface area (Å²) < 4.78 is 0. The molecule has 1 aromatic rings. The maximum absolute atomic E-state index is 12.6. The summed E-state index contributed by atoms with van der Waals surface area (Å²) in [7, 11) is 0. The van der Waals surface area contributed by atoms with Crippen LogP contribution in [0.5, 0.6) is 0 Å². The quantitative estimate of drug-likeness (QED) is 0.0671. The van der Waals surface area contributed by atoms with Gasteiger partial charge in [-0.2, -0.15) is 0 Å². The van der Waals surface area contributed by atoms with E-state index in [0.717, 1.165) is 0 Å². The van der Waals surface area contributed by atoms with E-state index in [0.29, 0.717) is 12.0 Å². The topological polar surface area (TPSA) is 252 Å². The summed E-state index contributed by atoms with van der Waals surface area (Å²) in [5, 5.41) is 25.3. The molecule has 0 heterocycles. The molecule has 14 heteroatoms. The summed E-state index contributed by atoms with van der Waals surface area (Å²) in [6.45, 7) is -0.329. The standard InChI is InChI=1S/C22H33N7O7/c23-14(7-4-10-26-22(24)25)19(33)29-15(8-9-18(31)32)20(34)27-12-17(30)28-16(21(35)36)11-13-5-2-1-3-6-13/h1-3,5-6,14-16H,4,7-12,23H2,(H,27,34)(H,28,30)(H,29,33)(H,31,32)(H,35,36)(H4,24,25,26). The molecular formula is C22H33N7O7. The first kappa shape index (κ1) is 29.8. The predicted molar refractivity (Wildman–Crippen MR) is 129 cm³/mol. The largest absolute Gasteiger partial charge is 0.481 e. The molecule has 11 N–H and O–H groups in total. The van der Waals surface area contributed by atoms with E-state index < -0.39 is 60.8 Å². The van der Waals surface area contributed by atoms with Gasteiger partial charge in [0.1, 0.15) is 12.1 Å². The molecule has 0 fully saturated rings. The van der Waals surface area contributed by atoms with Crippen LogP contribution < -0.4 is 33.2 Å². The number of carboxylic acids is 2. The Hall–Kier alpha value is -4.20. The summed E-state index contributed by atoms with van der Waals surface area (Å²) in [5.74, 6) is -4.82. The van der Waals surface area contributed by atoms with Crippen LogP contribution in [0.1, 0.15) is 31.2 Å². The molecule has 3 amide bonds. The first-order valence-electron chi connectivity index (χ1n) is 11.2. The second-order valence-electron chi connectivity index (χ2n) is 7.91. The molecule has 0 aliphatic carbocycles. The summed E-state index contributed by atoms with van der Waals surface area (Å²) >= 11 is 0. The molecule has 3 atom stereocenters. The molecule has 0 saturated heterocycles. The maximum atomic E-state index is 12.6. The number of carbonyl (C=O) groups is 5. The lowest BCUT2D eigenvalue weighted by molar-refractivity contribution is -0.141. The Morgan fingerprint density at radius 2 is 1.58 bits per heavy atom. The number of hydrogen-bond donors (Lipinski definition) is 8. The number of aliphatic imine (C=N–C) groups is 1. The van der Waals surface area contributed by atoms with Gasteiger partial charge in [-0.15, -0.1) is 0 Å². The molecule has 0 spiro atoms. The Morgan fingerprint density at radius 3 is 2.17 bits per heavy atom. The number of carboxylic acid groups (broad SMARTS) is 2. The molecule has 0 aliphatic rings. The highest BCUT2D eigenvalue weighted by Gasteiger charge is 2.26. The fraction of sp³-hybridized carbons (Fsp3) is 0.455. The van der Waals surface area contributed by atoms with E-state index in [1.165, 1.54) is 0 Å². The van der Waals surface area contributed by atoms with E-state index in [4.69, 9.17) is 22.3 Å². The van der Waals surface area contributed by atoms with Crippen molar-refractivity contribution in [3.63, 3.8) is 0 Å². The van der Waals surface area contributed by atoms with Crippen LogP contribution in [0.15, 0.2) is 35.3 Å². The SMILES string of the molecule is NC(N)=NCCCC(N)C(=O)NC(CCC(=O)O)C(=O)NCC(=O)NC(Cc1ccccc1)C(=O)O. The van der Waals surface area contributed by atoms with Gasteiger partial charge < -0.3 is 43.4 Å². The van der Waals surface area contributed by atoms with Gasteiger partial charge in [-0.05, 0) is 24.8 Å². The average Bonchev–Trinajstić information content (AvgIpc) is 2.82. The van der Waals surface area contributed by atoms with Crippen LogP contribution >= 0.6 is 0 Å². The number of guanidine groups is 1. The molecular weight excluding hydrogens is 474 g/mol. The van der Waals surface area contributed by atoms with Crippen LogP contribution in [0, 0.1) is 0 Å². The van der Waals surface area contributed by atoms with Crippen molar-refractivity contribution in [2.45, 2.75) is 50.2 Å². The minimum atomic E-state index is -1.27. The van der Waals surface area contributed by atoms with E-state index in [9.17, 15) is 29.1 Å². The molecule has 1 aromatic carbocycles. The highest BCUT2D eigenvalue weighted by molar-refractivity contribution is 5.92. The van der Waals surface area contributed by atoms with E-state index in [1.807, 2.05) is 0 Å². The first-order chi connectivity index (χ1) is 17.0. The van der Waals surface area contributed by atoms with Gasteiger partial charge in [-0.1, -0.05) is 30.3 Å². The van der Waals surface area contributed by atoms with Crippen molar-refractivity contribution in [1.29, 1.82) is 0 Å². The molecule has 3 unspecified atom stereocenters. The lowest BCUT2D eigenvalue weighted by atomic mass is 10.1. The lowest BCUT2D eigenvalue weighted by Crippen LogP contribution is -2.53. The summed E-state index contributed by atoms with van der Waals surface area (Å²) in [5.41, 5.74) is 16.9. The van der Waals surface area contributed by atoms with Crippen LogP contribution in [-0.2, 0) is 30.4 Å². The monoisotopic (exact) mass is 507 g/mol. The summed E-state index contributed by atoms with van der Waals surface area (Å²) in [6.07, 6.45) is -0.0413. The van der Waals surface area contributed by atoms with E-state index in [2.05, 4.69) is 20.9 Å². The fourth-order valence-electron chi connectivity index (χ4n) is 3.05. The maximum Gasteiger partial charge on any atom is 0.326 e. The Balaban J connectivity index is 2.66. The smallest absolute Gasteiger partial charge is 0.326 e. The Kier molecular flexibility index (Phi) is 13.0. The van der Waals surface area contributed by atoms with Gasteiger partial charge in [-0.25, -0.2) is 4.79 Å². The van der Waals surface area contributed by atoms with Crippen molar-refractivity contribution in [3.05, 3.63) is 35.9 Å². The van der Waals surface area contributed by atoms with Crippen molar-refractivity contribution in [1.82, 2.24) is 16.0 Å². The van der Waals surface area contributed by atoms with Crippen molar-refractivity contribution in [3.8, 4) is 0 Å². The number of nitrogens with one attached hydrogen (secondary N) is 3. The molecule has 0 saturated carbocycles. The molecule has 0 bridgehead atoms. The average molecular weight is 508 g/mol. The minimum Gasteiger partial charge on any atom is -0.481 e. The van der Waals surface area contributed by atoms with Crippen LogP contribution in [0.4, 0.5) is 0 Å². The number of nitrogens with zero attached hydrogens (tertiary/aromatic N) is 1. The zero-order valence-electron chi connectivity index (χ0n) is 19.7. The number of amides is 3. The predicted octanol–water partition coefficient (Wildman–Crippen LogP) is -2.35. The van der Waals surface area contributed by atoms with Gasteiger partial charge in [0, 0.05) is 19.4 Å². The van der Waals surface area contributed by atoms with E-state index in [1.54, 1.807) is 30.3 Å². The zero-order chi connectivity index (χ0) is 27.1. The Morgan fingerprint density at radius 1 is 0.917 bits per heavy atom. The van der Waals surface area contributed by atoms with Gasteiger partial charge in [0.25, 0.3) is 0 Å². The van der Waals surface area contributed by atoms with Crippen LogP contribution in [-0.4, -0.2) is 77.0 Å². The van der Waals surface area contributed by atoms with E-state index >= 15 is 0 Å². The van der Waals surface area contributed by atoms with Gasteiger partial charge >= 0.3 is 11.9 Å². The molecule has 0 radical (unpaired) electrons. The second kappa shape index (κ2) is 15.7. The number of hydrogen-bond acceptors (Lipinski definition) is 7. The highest BCUT2D eigenvalue weighted by atomic mass is 16.4. The number of benzene rings is 1. The lowest BCUT2D eigenvalue weighted by Gasteiger charge is -2.20. The highest BCUT2D eigenvalue weighted by Crippen LogP contribution is 2.04.